The zero-order chi connectivity index (χ0) is 23.4. The molecule has 0 radical (unpaired) electrons. The number of benzene rings is 3. The van der Waals surface area contributed by atoms with E-state index in [0.717, 1.165) is 0 Å². The standard InChI is InChI=1S/C25H18ClNO6/c1-30-19-5-3-4-17(14-19)23-27-20(25(29)33-23)12-15-6-11-21(22(13-15)31-2)32-24(28)16-7-9-18(26)10-8-16/h3-14H,1-2H3/b20-12+. The number of carbonyl (C=O) groups excluding carboxylic acids is 2. The molecule has 4 rings (SSSR count). The number of methoxy groups -OCH3 is 2. The van der Waals surface area contributed by atoms with Crippen molar-refractivity contribution < 1.29 is 28.5 Å². The minimum Gasteiger partial charge on any atom is -0.497 e. The van der Waals surface area contributed by atoms with E-state index < -0.39 is 11.9 Å². The van der Waals surface area contributed by atoms with Gasteiger partial charge in [-0.3, -0.25) is 0 Å². The maximum atomic E-state index is 12.4. The lowest BCUT2D eigenvalue weighted by atomic mass is 10.1. The summed E-state index contributed by atoms with van der Waals surface area (Å²) < 4.78 is 21.3. The first-order valence-electron chi connectivity index (χ1n) is 9.79. The fraction of sp³-hybridized carbons (Fsp3) is 0.0800. The van der Waals surface area contributed by atoms with Gasteiger partial charge >= 0.3 is 11.9 Å². The Bertz CT molecular complexity index is 1280. The Morgan fingerprint density at radius 2 is 1.76 bits per heavy atom. The van der Waals surface area contributed by atoms with E-state index in [0.29, 0.717) is 33.2 Å². The Hall–Kier alpha value is -4.10. The van der Waals surface area contributed by atoms with Crippen molar-refractivity contribution in [3.8, 4) is 17.2 Å². The number of aliphatic imine (C=N–C) groups is 1. The van der Waals surface area contributed by atoms with Gasteiger partial charge in [-0.2, -0.15) is 0 Å². The lowest BCUT2D eigenvalue weighted by molar-refractivity contribution is -0.129. The number of esters is 2. The normalized spacial score (nSPS) is 14.0. The minimum atomic E-state index is -0.579. The molecule has 0 aromatic heterocycles. The molecule has 0 unspecified atom stereocenters. The number of hydrogen-bond donors (Lipinski definition) is 0. The topological polar surface area (TPSA) is 83.4 Å². The van der Waals surface area contributed by atoms with Gasteiger partial charge in [-0.05, 0) is 66.2 Å². The molecule has 33 heavy (non-hydrogen) atoms. The number of ether oxygens (including phenoxy) is 4. The van der Waals surface area contributed by atoms with Gasteiger partial charge in [0.15, 0.2) is 17.2 Å². The molecule has 1 aliphatic rings. The summed E-state index contributed by atoms with van der Waals surface area (Å²) >= 11 is 5.85. The van der Waals surface area contributed by atoms with Crippen molar-refractivity contribution in [1.82, 2.24) is 0 Å². The number of cyclic esters (lactones) is 1. The third-order valence-electron chi connectivity index (χ3n) is 4.71. The van der Waals surface area contributed by atoms with E-state index >= 15 is 0 Å². The number of carbonyl (C=O) groups is 2. The van der Waals surface area contributed by atoms with Gasteiger partial charge in [0.2, 0.25) is 5.90 Å². The van der Waals surface area contributed by atoms with E-state index in [1.165, 1.54) is 7.11 Å². The second-order valence-electron chi connectivity index (χ2n) is 6.87. The Morgan fingerprint density at radius 3 is 2.48 bits per heavy atom. The maximum Gasteiger partial charge on any atom is 0.363 e. The molecule has 1 heterocycles. The zero-order valence-electron chi connectivity index (χ0n) is 17.7. The summed E-state index contributed by atoms with van der Waals surface area (Å²) in [6.07, 6.45) is 1.56. The molecule has 166 valence electrons. The fourth-order valence-electron chi connectivity index (χ4n) is 3.05. The molecule has 0 saturated heterocycles. The average molecular weight is 464 g/mol. The zero-order valence-corrected chi connectivity index (χ0v) is 18.5. The van der Waals surface area contributed by atoms with Crippen molar-refractivity contribution in [1.29, 1.82) is 0 Å². The summed E-state index contributed by atoms with van der Waals surface area (Å²) in [4.78, 5) is 29.0. The van der Waals surface area contributed by atoms with Gasteiger partial charge in [0.25, 0.3) is 0 Å². The number of rotatable bonds is 6. The molecular weight excluding hydrogens is 446 g/mol. The van der Waals surface area contributed by atoms with Crippen LogP contribution in [0.3, 0.4) is 0 Å². The van der Waals surface area contributed by atoms with E-state index in [-0.39, 0.29) is 17.3 Å². The smallest absolute Gasteiger partial charge is 0.363 e. The molecule has 0 fully saturated rings. The highest BCUT2D eigenvalue weighted by molar-refractivity contribution is 6.30. The molecule has 3 aromatic carbocycles. The highest BCUT2D eigenvalue weighted by Gasteiger charge is 2.24. The summed E-state index contributed by atoms with van der Waals surface area (Å²) in [5, 5.41) is 0.518. The predicted octanol–water partition coefficient (Wildman–Crippen LogP) is 4.92. The molecule has 1 aliphatic heterocycles. The Balaban J connectivity index is 1.56. The Kier molecular flexibility index (Phi) is 6.42. The second-order valence-corrected chi connectivity index (χ2v) is 7.31. The van der Waals surface area contributed by atoms with Crippen LogP contribution in [0.15, 0.2) is 77.4 Å². The molecule has 8 heteroatoms. The van der Waals surface area contributed by atoms with Crippen LogP contribution in [-0.4, -0.2) is 32.1 Å². The van der Waals surface area contributed by atoms with Crippen molar-refractivity contribution >= 4 is 35.5 Å². The van der Waals surface area contributed by atoms with Crippen molar-refractivity contribution in [3.05, 3.63) is 94.1 Å². The van der Waals surface area contributed by atoms with Crippen molar-refractivity contribution in [2.45, 2.75) is 0 Å². The lowest BCUT2D eigenvalue weighted by Gasteiger charge is -2.10. The maximum absolute atomic E-state index is 12.4. The van der Waals surface area contributed by atoms with Crippen LogP contribution in [-0.2, 0) is 9.53 Å². The van der Waals surface area contributed by atoms with E-state index in [9.17, 15) is 9.59 Å². The second kappa shape index (κ2) is 9.58. The SMILES string of the molecule is COc1cccc(C2=N/C(=C/c3ccc(OC(=O)c4ccc(Cl)cc4)c(OC)c3)C(=O)O2)c1. The number of nitrogens with zero attached hydrogens (tertiary/aromatic N) is 1. The van der Waals surface area contributed by atoms with Crippen molar-refractivity contribution in [3.63, 3.8) is 0 Å². The predicted molar refractivity (Wildman–Crippen MR) is 123 cm³/mol. The largest absolute Gasteiger partial charge is 0.497 e. The summed E-state index contributed by atoms with van der Waals surface area (Å²) in [5.41, 5.74) is 1.70. The van der Waals surface area contributed by atoms with Gasteiger partial charge in [-0.1, -0.05) is 23.7 Å². The van der Waals surface area contributed by atoms with Crippen LogP contribution >= 0.6 is 11.6 Å². The summed E-state index contributed by atoms with van der Waals surface area (Å²) in [6.45, 7) is 0. The van der Waals surface area contributed by atoms with Crippen LogP contribution < -0.4 is 14.2 Å². The number of halogens is 1. The van der Waals surface area contributed by atoms with Gasteiger partial charge in [-0.25, -0.2) is 14.6 Å². The van der Waals surface area contributed by atoms with E-state index in [1.807, 2.05) is 0 Å². The van der Waals surface area contributed by atoms with Gasteiger partial charge in [-0.15, -0.1) is 0 Å². The van der Waals surface area contributed by atoms with Gasteiger partial charge in [0.05, 0.1) is 19.8 Å². The quantitative estimate of drug-likeness (QED) is 0.293. The summed E-state index contributed by atoms with van der Waals surface area (Å²) in [7, 11) is 3.01. The first kappa shape index (κ1) is 22.1. The highest BCUT2D eigenvalue weighted by atomic mass is 35.5. The monoisotopic (exact) mass is 463 g/mol. The molecule has 0 bridgehead atoms. The van der Waals surface area contributed by atoms with Crippen LogP contribution in [0.5, 0.6) is 17.2 Å². The molecule has 0 N–H and O–H groups in total. The van der Waals surface area contributed by atoms with Crippen LogP contribution in [0, 0.1) is 0 Å². The van der Waals surface area contributed by atoms with E-state index in [1.54, 1.807) is 79.9 Å². The minimum absolute atomic E-state index is 0.126. The third kappa shape index (κ3) is 5.05. The third-order valence-corrected chi connectivity index (χ3v) is 4.96. The molecular formula is C25H18ClNO6. The first-order chi connectivity index (χ1) is 16.0. The molecule has 0 atom stereocenters. The molecule has 3 aromatic rings. The molecule has 0 aliphatic carbocycles. The Labute approximate surface area is 194 Å². The average Bonchev–Trinajstić information content (AvgIpc) is 3.20. The van der Waals surface area contributed by atoms with Crippen LogP contribution in [0.2, 0.25) is 5.02 Å². The molecule has 0 amide bonds. The summed E-state index contributed by atoms with van der Waals surface area (Å²) in [6, 6.07) is 18.3. The van der Waals surface area contributed by atoms with E-state index in [2.05, 4.69) is 4.99 Å². The Morgan fingerprint density at radius 1 is 0.970 bits per heavy atom. The van der Waals surface area contributed by atoms with E-state index in [4.69, 9.17) is 30.5 Å². The summed E-state index contributed by atoms with van der Waals surface area (Å²) in [5.74, 6) is 0.222. The first-order valence-corrected chi connectivity index (χ1v) is 10.2. The highest BCUT2D eigenvalue weighted by Crippen LogP contribution is 2.31. The van der Waals surface area contributed by atoms with Crippen LogP contribution in [0.4, 0.5) is 0 Å². The van der Waals surface area contributed by atoms with Gasteiger partial charge in [0, 0.05) is 10.6 Å². The van der Waals surface area contributed by atoms with Gasteiger partial charge < -0.3 is 18.9 Å². The number of hydrogen-bond acceptors (Lipinski definition) is 7. The van der Waals surface area contributed by atoms with Crippen molar-refractivity contribution in [2.24, 2.45) is 4.99 Å². The molecule has 0 spiro atoms. The lowest BCUT2D eigenvalue weighted by Crippen LogP contribution is -2.09. The van der Waals surface area contributed by atoms with Gasteiger partial charge in [0.1, 0.15) is 5.75 Å². The molecule has 7 nitrogen and oxygen atoms in total. The van der Waals surface area contributed by atoms with Crippen molar-refractivity contribution in [2.75, 3.05) is 14.2 Å². The fourth-order valence-corrected chi connectivity index (χ4v) is 3.18. The molecule has 0 saturated carbocycles. The van der Waals surface area contributed by atoms with Crippen LogP contribution in [0.1, 0.15) is 21.5 Å². The van der Waals surface area contributed by atoms with Crippen LogP contribution in [0.25, 0.3) is 6.08 Å².